The molecule has 1 heterocycles. The average Bonchev–Trinajstić information content (AvgIpc) is 3.62. The van der Waals surface area contributed by atoms with Crippen molar-refractivity contribution in [2.45, 2.75) is 37.3 Å². The van der Waals surface area contributed by atoms with Crippen LogP contribution >= 0.6 is 0 Å². The fraction of sp³-hybridized carbons (Fsp3) is 0.250. The molecule has 0 radical (unpaired) electrons. The molecule has 1 amide bonds. The molecule has 9 heteroatoms. The van der Waals surface area contributed by atoms with Crippen molar-refractivity contribution in [2.75, 3.05) is 11.9 Å². The van der Waals surface area contributed by atoms with Crippen molar-refractivity contribution in [1.29, 1.82) is 0 Å². The number of anilines is 1. The molecule has 0 atom stereocenters. The molecular weight excluding hydrogens is 442 g/mol. The molecule has 1 aliphatic carbocycles. The molecule has 2 N–H and O–H groups in total. The minimum absolute atomic E-state index is 0.00419. The van der Waals surface area contributed by atoms with E-state index in [2.05, 4.69) is 15.0 Å². The highest BCUT2D eigenvalue weighted by Gasteiger charge is 2.28. The summed E-state index contributed by atoms with van der Waals surface area (Å²) in [5.41, 5.74) is 1.70. The van der Waals surface area contributed by atoms with Gasteiger partial charge in [-0.25, -0.2) is 13.1 Å². The van der Waals surface area contributed by atoms with Gasteiger partial charge in [0.2, 0.25) is 10.0 Å². The van der Waals surface area contributed by atoms with Crippen LogP contribution < -0.4 is 19.5 Å². The van der Waals surface area contributed by atoms with Gasteiger partial charge in [-0.1, -0.05) is 6.07 Å². The second-order valence-corrected chi connectivity index (χ2v) is 9.33. The molecule has 1 aliphatic rings. The molecule has 0 saturated heterocycles. The number of carbonyl (C=O) groups excluding carboxylic acids is 1. The summed E-state index contributed by atoms with van der Waals surface area (Å²) in [6.07, 6.45) is 5.08. The topological polar surface area (TPSA) is 107 Å². The van der Waals surface area contributed by atoms with E-state index >= 15 is 0 Å². The van der Waals surface area contributed by atoms with E-state index < -0.39 is 10.0 Å². The van der Waals surface area contributed by atoms with Crippen LogP contribution in [-0.2, 0) is 16.6 Å². The van der Waals surface area contributed by atoms with E-state index in [-0.39, 0.29) is 16.8 Å². The molecule has 1 saturated carbocycles. The molecule has 1 fully saturated rings. The summed E-state index contributed by atoms with van der Waals surface area (Å²) in [7, 11) is -3.61. The van der Waals surface area contributed by atoms with E-state index in [4.69, 9.17) is 9.47 Å². The summed E-state index contributed by atoms with van der Waals surface area (Å²) in [5, 5.41) is 2.75. The van der Waals surface area contributed by atoms with Crippen molar-refractivity contribution in [1.82, 2.24) is 9.71 Å². The first-order chi connectivity index (χ1) is 15.9. The van der Waals surface area contributed by atoms with Gasteiger partial charge in [-0.05, 0) is 73.9 Å². The maximum atomic E-state index is 12.8. The number of pyridine rings is 1. The van der Waals surface area contributed by atoms with E-state index in [0.29, 0.717) is 36.0 Å². The summed E-state index contributed by atoms with van der Waals surface area (Å²) >= 11 is 0. The molecule has 0 aliphatic heterocycles. The van der Waals surface area contributed by atoms with Crippen molar-refractivity contribution in [2.24, 2.45) is 0 Å². The van der Waals surface area contributed by atoms with Gasteiger partial charge in [0, 0.05) is 29.7 Å². The van der Waals surface area contributed by atoms with Crippen LogP contribution in [0.4, 0.5) is 5.69 Å². The fourth-order valence-corrected chi connectivity index (χ4v) is 4.46. The minimum Gasteiger partial charge on any atom is -0.490 e. The highest BCUT2D eigenvalue weighted by molar-refractivity contribution is 7.89. The second kappa shape index (κ2) is 10.0. The van der Waals surface area contributed by atoms with Crippen molar-refractivity contribution in [3.63, 3.8) is 0 Å². The molecule has 1 aromatic heterocycles. The van der Waals surface area contributed by atoms with Gasteiger partial charge in [0.05, 0.1) is 11.5 Å². The highest BCUT2D eigenvalue weighted by atomic mass is 32.2. The fourth-order valence-electron chi connectivity index (χ4n) is 3.11. The molecule has 8 nitrogen and oxygen atoms in total. The lowest BCUT2D eigenvalue weighted by Crippen LogP contribution is -2.25. The van der Waals surface area contributed by atoms with Crippen LogP contribution in [0.1, 0.15) is 35.7 Å². The minimum atomic E-state index is -3.61. The number of ether oxygens (including phenoxy) is 2. The van der Waals surface area contributed by atoms with E-state index in [9.17, 15) is 13.2 Å². The van der Waals surface area contributed by atoms with Gasteiger partial charge < -0.3 is 14.8 Å². The van der Waals surface area contributed by atoms with E-state index in [1.807, 2.05) is 19.1 Å². The summed E-state index contributed by atoms with van der Waals surface area (Å²) in [5.74, 6) is 0.579. The first-order valence-corrected chi connectivity index (χ1v) is 12.2. The molecule has 0 spiro atoms. The van der Waals surface area contributed by atoms with Gasteiger partial charge >= 0.3 is 0 Å². The van der Waals surface area contributed by atoms with Gasteiger partial charge in [-0.15, -0.1) is 0 Å². The molecule has 3 aromatic rings. The Balaban J connectivity index is 1.47. The van der Waals surface area contributed by atoms with Crippen molar-refractivity contribution < 1.29 is 22.7 Å². The number of aromatic nitrogens is 1. The van der Waals surface area contributed by atoms with Gasteiger partial charge in [0.1, 0.15) is 6.61 Å². The maximum Gasteiger partial charge on any atom is 0.255 e. The third-order valence-corrected chi connectivity index (χ3v) is 6.47. The predicted octanol–water partition coefficient (Wildman–Crippen LogP) is 3.75. The summed E-state index contributed by atoms with van der Waals surface area (Å²) < 4.78 is 39.1. The Morgan fingerprint density at radius 1 is 1.03 bits per heavy atom. The Hall–Kier alpha value is -3.43. The molecule has 172 valence electrons. The van der Waals surface area contributed by atoms with E-state index in [0.717, 1.165) is 18.4 Å². The van der Waals surface area contributed by atoms with Crippen LogP contribution in [-0.4, -0.2) is 32.0 Å². The number of benzene rings is 2. The lowest BCUT2D eigenvalue weighted by atomic mass is 10.1. The van der Waals surface area contributed by atoms with Crippen LogP contribution in [0.2, 0.25) is 0 Å². The molecule has 2 aromatic carbocycles. The monoisotopic (exact) mass is 467 g/mol. The number of amides is 1. The number of carbonyl (C=O) groups is 1. The summed E-state index contributed by atoms with van der Waals surface area (Å²) in [4.78, 5) is 16.9. The Morgan fingerprint density at radius 2 is 1.82 bits per heavy atom. The average molecular weight is 468 g/mol. The molecule has 0 bridgehead atoms. The first kappa shape index (κ1) is 22.8. The number of nitrogens with zero attached hydrogens (tertiary/aromatic N) is 1. The largest absolute Gasteiger partial charge is 0.490 e. The molecular formula is C24H25N3O5S. The van der Waals surface area contributed by atoms with Crippen LogP contribution in [0.25, 0.3) is 0 Å². The Labute approximate surface area is 193 Å². The lowest BCUT2D eigenvalue weighted by molar-refractivity contribution is 0.102. The van der Waals surface area contributed by atoms with Crippen LogP contribution in [0.3, 0.4) is 0 Å². The van der Waals surface area contributed by atoms with Crippen molar-refractivity contribution in [3.8, 4) is 11.5 Å². The zero-order chi connectivity index (χ0) is 23.3. The van der Waals surface area contributed by atoms with Gasteiger partial charge in [-0.2, -0.15) is 0 Å². The van der Waals surface area contributed by atoms with Crippen LogP contribution in [0.5, 0.6) is 11.5 Å². The van der Waals surface area contributed by atoms with Crippen LogP contribution in [0, 0.1) is 0 Å². The Bertz CT molecular complexity index is 1230. The standard InChI is InChI=1S/C24H25N3O5S/c1-2-31-23-14-18(6-9-22(23)32-16-17-10-12-25-13-11-17)24(28)26-20-4-3-5-21(15-20)33(29,30)27-19-7-8-19/h3-6,9-15,19,27H,2,7-8,16H2,1H3,(H,26,28). The summed E-state index contributed by atoms with van der Waals surface area (Å²) in [6.45, 7) is 2.59. The third kappa shape index (κ3) is 6.09. The van der Waals surface area contributed by atoms with Crippen molar-refractivity contribution >= 4 is 21.6 Å². The normalized spacial score (nSPS) is 13.4. The van der Waals surface area contributed by atoms with Gasteiger partial charge in [0.15, 0.2) is 11.5 Å². The van der Waals surface area contributed by atoms with E-state index in [1.54, 1.807) is 42.7 Å². The van der Waals surface area contributed by atoms with Gasteiger partial charge in [-0.3, -0.25) is 9.78 Å². The number of hydrogen-bond acceptors (Lipinski definition) is 6. The number of hydrogen-bond donors (Lipinski definition) is 2. The molecule has 0 unspecified atom stereocenters. The molecule has 4 rings (SSSR count). The van der Waals surface area contributed by atoms with E-state index in [1.165, 1.54) is 12.1 Å². The quantitative estimate of drug-likeness (QED) is 0.470. The first-order valence-electron chi connectivity index (χ1n) is 10.7. The second-order valence-electron chi connectivity index (χ2n) is 7.62. The zero-order valence-electron chi connectivity index (χ0n) is 18.2. The van der Waals surface area contributed by atoms with Crippen LogP contribution in [0.15, 0.2) is 71.9 Å². The molecule has 33 heavy (non-hydrogen) atoms. The number of nitrogens with one attached hydrogen (secondary N) is 2. The smallest absolute Gasteiger partial charge is 0.255 e. The Morgan fingerprint density at radius 3 is 2.55 bits per heavy atom. The Kier molecular flexibility index (Phi) is 6.90. The maximum absolute atomic E-state index is 12.8. The SMILES string of the molecule is CCOc1cc(C(=O)Nc2cccc(S(=O)(=O)NC3CC3)c2)ccc1OCc1ccncc1. The van der Waals surface area contributed by atoms with Crippen molar-refractivity contribution in [3.05, 3.63) is 78.1 Å². The van der Waals surface area contributed by atoms with Gasteiger partial charge in [0.25, 0.3) is 5.91 Å². The highest BCUT2D eigenvalue weighted by Crippen LogP contribution is 2.30. The zero-order valence-corrected chi connectivity index (χ0v) is 19.0. The number of sulfonamides is 1. The predicted molar refractivity (Wildman–Crippen MR) is 124 cm³/mol. The third-order valence-electron chi connectivity index (χ3n) is 4.95. The number of rotatable bonds is 10. The lowest BCUT2D eigenvalue weighted by Gasteiger charge is -2.14. The summed E-state index contributed by atoms with van der Waals surface area (Å²) in [6, 6.07) is 14.8.